The normalized spacial score (nSPS) is 21.8. The molecule has 0 aromatic carbocycles. The highest BCUT2D eigenvalue weighted by Crippen LogP contribution is 2.18. The molecule has 2 aliphatic heterocycles. The quantitative estimate of drug-likeness (QED) is 0.482. The number of carbonyl (C=O) groups excluding carboxylic acids is 1. The summed E-state index contributed by atoms with van der Waals surface area (Å²) in [5.41, 5.74) is 5.78. The van der Waals surface area contributed by atoms with Crippen molar-refractivity contribution in [2.24, 2.45) is 5.73 Å². The van der Waals surface area contributed by atoms with Crippen LogP contribution in [0, 0.1) is 0 Å². The molecule has 0 spiro atoms. The van der Waals surface area contributed by atoms with Gasteiger partial charge in [0.15, 0.2) is 0 Å². The Hall–Kier alpha value is -0.735. The molecule has 5 nitrogen and oxygen atoms in total. The van der Waals surface area contributed by atoms with Gasteiger partial charge in [-0.05, 0) is 25.7 Å². The Balaban J connectivity index is 0.000000347. The molecule has 0 aliphatic carbocycles. The highest BCUT2D eigenvalue weighted by molar-refractivity contribution is 6.50. The van der Waals surface area contributed by atoms with Gasteiger partial charge in [0.2, 0.25) is 0 Å². The Labute approximate surface area is 120 Å². The summed E-state index contributed by atoms with van der Waals surface area (Å²) in [4.78, 5) is 0. The van der Waals surface area contributed by atoms with Gasteiger partial charge in [0.25, 0.3) is 0 Å². The fourth-order valence-electron chi connectivity index (χ4n) is 2.27. The van der Waals surface area contributed by atoms with Gasteiger partial charge in [-0.1, -0.05) is 3.98 Å². The lowest BCUT2D eigenvalue weighted by molar-refractivity contribution is -0.128. The van der Waals surface area contributed by atoms with Crippen molar-refractivity contribution in [3.63, 3.8) is 0 Å². The Morgan fingerprint density at radius 2 is 1.25 bits per heavy atom. The van der Waals surface area contributed by atoms with Crippen LogP contribution in [-0.2, 0) is 0 Å². The predicted octanol–water partition coefficient (Wildman–Crippen LogP) is 2.38. The molecule has 2 fully saturated rings. The summed E-state index contributed by atoms with van der Waals surface area (Å²) >= 11 is 5.35. The number of primary amides is 1. The molecule has 0 saturated carbocycles. The van der Waals surface area contributed by atoms with E-state index in [4.69, 9.17) is 17.6 Å². The number of hydrogen-bond acceptors (Lipinski definition) is 2. The van der Waals surface area contributed by atoms with Crippen LogP contribution in [0.1, 0.15) is 25.7 Å². The summed E-state index contributed by atoms with van der Waals surface area (Å²) in [6.45, 7) is 4.10. The summed E-state index contributed by atoms with van der Waals surface area (Å²) in [6, 6.07) is 0.264. The Bertz CT molecular complexity index is 300. The molecule has 11 heteroatoms. The van der Waals surface area contributed by atoms with E-state index in [1.54, 1.807) is 0 Å². The Kier molecular flexibility index (Phi) is 6.83. The third-order valence-corrected chi connectivity index (χ3v) is 3.13. The molecule has 20 heavy (non-hydrogen) atoms. The van der Waals surface area contributed by atoms with Crippen LogP contribution in [-0.4, -0.2) is 54.6 Å². The van der Waals surface area contributed by atoms with Crippen molar-refractivity contribution in [2.75, 3.05) is 26.2 Å². The van der Waals surface area contributed by atoms with Gasteiger partial charge >= 0.3 is 25.2 Å². The highest BCUT2D eigenvalue weighted by Gasteiger charge is 2.34. The number of amides is 2. The minimum Gasteiger partial charge on any atom is -0.418 e. The van der Waals surface area contributed by atoms with Crippen molar-refractivity contribution in [1.82, 2.24) is 15.1 Å². The second-order valence-electron chi connectivity index (χ2n) is 4.52. The van der Waals surface area contributed by atoms with Crippen LogP contribution in [0.15, 0.2) is 0 Å². The maximum atomic E-state index is 9.75. The average molecular weight is 321 g/mol. The molecule has 2 amide bonds. The van der Waals surface area contributed by atoms with Gasteiger partial charge in [0.05, 0.1) is 0 Å². The van der Waals surface area contributed by atoms with E-state index in [-0.39, 0.29) is 6.03 Å². The minimum atomic E-state index is -6.00. The Morgan fingerprint density at radius 1 is 0.950 bits per heavy atom. The van der Waals surface area contributed by atoms with E-state index < -0.39 is 7.25 Å². The summed E-state index contributed by atoms with van der Waals surface area (Å²) in [7, 11) is -6.00. The molecule has 2 heterocycles. The van der Waals surface area contributed by atoms with E-state index in [9.17, 15) is 17.3 Å². The monoisotopic (exact) mass is 320 g/mol. The first-order chi connectivity index (χ1) is 9.33. The average Bonchev–Trinajstić information content (AvgIpc) is 2.99. The first-order valence-electron chi connectivity index (χ1n) is 6.41. The molecule has 0 atom stereocenters. The van der Waals surface area contributed by atoms with Crippen LogP contribution in [0.5, 0.6) is 0 Å². The molecular formula is C9H18BClF4N4O. The van der Waals surface area contributed by atoms with Crippen LogP contribution in [0.2, 0.25) is 0 Å². The number of hydrogen-bond donors (Lipinski definition) is 1. The van der Waals surface area contributed by atoms with Gasteiger partial charge in [-0.15, -0.1) is 5.12 Å². The SMILES string of the molecule is F[B-](F)(F)F.NC(=[O+]Cl)N(N1CCCC1)N1CCCC1. The van der Waals surface area contributed by atoms with E-state index >= 15 is 0 Å². The van der Waals surface area contributed by atoms with Crippen LogP contribution < -0.4 is 5.73 Å². The second kappa shape index (κ2) is 7.89. The molecule has 0 aromatic rings. The molecule has 0 aromatic heterocycles. The second-order valence-corrected chi connectivity index (χ2v) is 4.68. The minimum absolute atomic E-state index is 0.264. The molecule has 2 rings (SSSR count). The van der Waals surface area contributed by atoms with Crippen LogP contribution in [0.4, 0.5) is 21.2 Å². The van der Waals surface area contributed by atoms with E-state index in [0.717, 1.165) is 26.2 Å². The third kappa shape index (κ3) is 6.14. The lowest BCUT2D eigenvalue weighted by Gasteiger charge is -2.33. The summed E-state index contributed by atoms with van der Waals surface area (Å²) < 4.78 is 43.6. The van der Waals surface area contributed by atoms with Crippen molar-refractivity contribution < 1.29 is 21.2 Å². The number of urea groups is 1. The van der Waals surface area contributed by atoms with Crippen molar-refractivity contribution >= 4 is 25.2 Å². The third-order valence-electron chi connectivity index (χ3n) is 2.98. The van der Waals surface area contributed by atoms with Gasteiger partial charge in [0, 0.05) is 26.2 Å². The standard InChI is InChI=1S/C9H18ClN4O.BF4/c10-15-9(11)14(12-5-1-2-6-12)13-7-3-4-8-13;2-1(3,4)5/h1-8,11H2;/q+1;-1. The molecule has 2 aliphatic rings. The number of hydrazine groups is 2. The molecule has 0 unspecified atom stereocenters. The topological polar surface area (TPSA) is 47.0 Å². The largest absolute Gasteiger partial charge is 0.673 e. The van der Waals surface area contributed by atoms with Gasteiger partial charge in [-0.3, -0.25) is 5.73 Å². The highest BCUT2D eigenvalue weighted by atomic mass is 35.5. The van der Waals surface area contributed by atoms with E-state index in [1.807, 2.05) is 5.12 Å². The van der Waals surface area contributed by atoms with Crippen molar-refractivity contribution in [2.45, 2.75) is 25.7 Å². The van der Waals surface area contributed by atoms with Gasteiger partial charge in [-0.2, -0.15) is 10.0 Å². The summed E-state index contributed by atoms with van der Waals surface area (Å²) in [5.74, 6) is 0. The van der Waals surface area contributed by atoms with Gasteiger partial charge in [0.1, 0.15) is 0 Å². The van der Waals surface area contributed by atoms with Crippen LogP contribution in [0.25, 0.3) is 0 Å². The Morgan fingerprint density at radius 3 is 1.50 bits per heavy atom. The van der Waals surface area contributed by atoms with Gasteiger partial charge < -0.3 is 17.3 Å². The number of rotatable bonds is 2. The molecule has 118 valence electrons. The predicted molar refractivity (Wildman–Crippen MR) is 69.1 cm³/mol. The van der Waals surface area contributed by atoms with Crippen LogP contribution in [0.3, 0.4) is 0 Å². The fourth-order valence-corrected chi connectivity index (χ4v) is 2.33. The summed E-state index contributed by atoms with van der Waals surface area (Å²) in [6.07, 6.45) is 4.83. The molecule has 0 radical (unpaired) electrons. The summed E-state index contributed by atoms with van der Waals surface area (Å²) in [5, 5.41) is 6.30. The number of nitrogens with zero attached hydrogens (tertiary/aromatic N) is 3. The van der Waals surface area contributed by atoms with E-state index in [0.29, 0.717) is 0 Å². The maximum absolute atomic E-state index is 9.75. The van der Waals surface area contributed by atoms with Crippen molar-refractivity contribution in [1.29, 1.82) is 0 Å². The number of nitrogens with two attached hydrogens (primary N) is 1. The zero-order valence-electron chi connectivity index (χ0n) is 11.0. The zero-order chi connectivity index (χ0) is 15.2. The smallest absolute Gasteiger partial charge is 0.418 e. The first-order valence-corrected chi connectivity index (χ1v) is 6.72. The molecular weight excluding hydrogens is 302 g/mol. The first kappa shape index (κ1) is 17.3. The van der Waals surface area contributed by atoms with E-state index in [2.05, 4.69) is 14.0 Å². The van der Waals surface area contributed by atoms with Crippen molar-refractivity contribution in [3.8, 4) is 0 Å². The fraction of sp³-hybridized carbons (Fsp3) is 0.889. The van der Waals surface area contributed by atoms with Crippen LogP contribution >= 0.6 is 11.9 Å². The molecule has 2 saturated heterocycles. The van der Waals surface area contributed by atoms with E-state index in [1.165, 1.54) is 25.7 Å². The molecule has 2 N–H and O–H groups in total. The number of halogens is 5. The lowest BCUT2D eigenvalue weighted by Crippen LogP contribution is -2.56. The van der Waals surface area contributed by atoms with Crippen molar-refractivity contribution in [3.05, 3.63) is 0 Å². The lowest BCUT2D eigenvalue weighted by atomic mass is 10.3. The zero-order valence-corrected chi connectivity index (χ0v) is 11.7. The molecule has 0 bridgehead atoms. The maximum Gasteiger partial charge on any atom is 0.673 e. The van der Waals surface area contributed by atoms with Gasteiger partial charge in [-0.25, -0.2) is 0 Å².